The van der Waals surface area contributed by atoms with Gasteiger partial charge in [0.1, 0.15) is 11.0 Å². The molecule has 134 valence electrons. The lowest BCUT2D eigenvalue weighted by Gasteiger charge is -2.26. The Hall–Kier alpha value is -2.44. The van der Waals surface area contributed by atoms with Crippen molar-refractivity contribution in [2.45, 2.75) is 26.4 Å². The number of pyridine rings is 1. The molecule has 0 fully saturated rings. The average Bonchev–Trinajstić information content (AvgIpc) is 2.61. The summed E-state index contributed by atoms with van der Waals surface area (Å²) in [6.07, 6.45) is 1.38. The van der Waals surface area contributed by atoms with Crippen molar-refractivity contribution in [2.75, 3.05) is 0 Å². The lowest BCUT2D eigenvalue weighted by Crippen LogP contribution is -2.37. The molecular formula is C18H16Cl2N4O2. The summed E-state index contributed by atoms with van der Waals surface area (Å²) in [6.45, 7) is 3.90. The lowest BCUT2D eigenvalue weighted by molar-refractivity contribution is 0.0684. The number of nitrogens with zero attached hydrogens (tertiary/aromatic N) is 3. The topological polar surface area (TPSA) is 79.0 Å². The van der Waals surface area contributed by atoms with E-state index >= 15 is 0 Å². The van der Waals surface area contributed by atoms with E-state index in [-0.39, 0.29) is 34.2 Å². The van der Waals surface area contributed by atoms with Gasteiger partial charge in [0.05, 0.1) is 28.0 Å². The molecule has 0 saturated carbocycles. The minimum atomic E-state index is -0.276. The summed E-state index contributed by atoms with van der Waals surface area (Å²) in [5, 5.41) is 0.852. The average molecular weight is 391 g/mol. The third-order valence-electron chi connectivity index (χ3n) is 3.91. The van der Waals surface area contributed by atoms with E-state index in [1.54, 1.807) is 23.1 Å². The van der Waals surface area contributed by atoms with Gasteiger partial charge >= 0.3 is 0 Å². The summed E-state index contributed by atoms with van der Waals surface area (Å²) in [5.41, 5.74) is 0.660. The molecule has 0 atom stereocenters. The Morgan fingerprint density at radius 3 is 2.69 bits per heavy atom. The number of fused-ring (bicyclic) bond motifs is 1. The predicted molar refractivity (Wildman–Crippen MR) is 102 cm³/mol. The minimum Gasteiger partial charge on any atom is -0.329 e. The van der Waals surface area contributed by atoms with E-state index in [9.17, 15) is 9.59 Å². The Bertz CT molecular complexity index is 1030. The predicted octanol–water partition coefficient (Wildman–Crippen LogP) is 3.68. The number of hydrogen-bond donors (Lipinski definition) is 1. The van der Waals surface area contributed by atoms with Gasteiger partial charge in [0.15, 0.2) is 0 Å². The number of hydrogen-bond acceptors (Lipinski definition) is 4. The van der Waals surface area contributed by atoms with Crippen LogP contribution in [0.25, 0.3) is 10.9 Å². The second kappa shape index (κ2) is 7.43. The van der Waals surface area contributed by atoms with E-state index in [4.69, 9.17) is 23.2 Å². The van der Waals surface area contributed by atoms with Gasteiger partial charge in [-0.15, -0.1) is 0 Å². The zero-order chi connectivity index (χ0) is 18.8. The Kier molecular flexibility index (Phi) is 5.25. The molecule has 0 aliphatic rings. The van der Waals surface area contributed by atoms with Crippen LogP contribution in [0.4, 0.5) is 0 Å². The highest BCUT2D eigenvalue weighted by atomic mass is 35.5. The van der Waals surface area contributed by atoms with Crippen molar-refractivity contribution >= 4 is 40.0 Å². The van der Waals surface area contributed by atoms with Crippen molar-refractivity contribution in [3.8, 4) is 0 Å². The molecule has 1 aromatic carbocycles. The zero-order valence-corrected chi connectivity index (χ0v) is 15.7. The van der Waals surface area contributed by atoms with Crippen LogP contribution in [0.15, 0.2) is 41.3 Å². The van der Waals surface area contributed by atoms with Crippen molar-refractivity contribution in [3.63, 3.8) is 0 Å². The highest BCUT2D eigenvalue weighted by Gasteiger charge is 2.21. The molecule has 1 N–H and O–H groups in total. The van der Waals surface area contributed by atoms with Gasteiger partial charge in [0, 0.05) is 12.2 Å². The molecule has 0 aliphatic carbocycles. The second-order valence-electron chi connectivity index (χ2n) is 6.05. The fraction of sp³-hybridized carbons (Fsp3) is 0.222. The van der Waals surface area contributed by atoms with E-state index in [1.165, 1.54) is 12.3 Å². The van der Waals surface area contributed by atoms with Crippen LogP contribution in [0.3, 0.4) is 0 Å². The van der Waals surface area contributed by atoms with Crippen LogP contribution < -0.4 is 5.56 Å². The van der Waals surface area contributed by atoms with Crippen LogP contribution in [-0.2, 0) is 6.54 Å². The number of nitrogens with one attached hydrogen (secondary N) is 1. The molecule has 1 amide bonds. The summed E-state index contributed by atoms with van der Waals surface area (Å²) in [4.78, 5) is 37.8. The number of benzene rings is 1. The Morgan fingerprint density at radius 1 is 1.27 bits per heavy atom. The first kappa shape index (κ1) is 18.4. The molecular weight excluding hydrogens is 375 g/mol. The van der Waals surface area contributed by atoms with Gasteiger partial charge in [-0.2, -0.15) is 0 Å². The lowest BCUT2D eigenvalue weighted by atomic mass is 10.2. The second-order valence-corrected chi connectivity index (χ2v) is 6.82. The molecule has 0 radical (unpaired) electrons. The number of aromatic nitrogens is 3. The molecule has 0 aliphatic heterocycles. The van der Waals surface area contributed by atoms with Gasteiger partial charge in [-0.25, -0.2) is 9.97 Å². The van der Waals surface area contributed by atoms with Gasteiger partial charge < -0.3 is 9.88 Å². The summed E-state index contributed by atoms with van der Waals surface area (Å²) < 4.78 is 0. The van der Waals surface area contributed by atoms with E-state index in [2.05, 4.69) is 15.0 Å². The number of carbonyl (C=O) groups excluding carboxylic acids is 1. The van der Waals surface area contributed by atoms with Gasteiger partial charge in [-0.1, -0.05) is 35.3 Å². The van der Waals surface area contributed by atoms with Gasteiger partial charge in [-0.05, 0) is 32.0 Å². The number of carbonyl (C=O) groups is 1. The molecule has 8 heteroatoms. The highest BCUT2D eigenvalue weighted by molar-refractivity contribution is 6.41. The third-order valence-corrected chi connectivity index (χ3v) is 4.60. The molecule has 0 spiro atoms. The van der Waals surface area contributed by atoms with E-state index in [1.807, 2.05) is 19.9 Å². The maximum absolute atomic E-state index is 12.9. The Morgan fingerprint density at radius 2 is 2.00 bits per heavy atom. The summed E-state index contributed by atoms with van der Waals surface area (Å²) in [7, 11) is 0. The summed E-state index contributed by atoms with van der Waals surface area (Å²) in [5.74, 6) is 0.130. The van der Waals surface area contributed by atoms with Gasteiger partial charge in [0.2, 0.25) is 0 Å². The molecule has 3 aromatic rings. The number of rotatable bonds is 4. The van der Waals surface area contributed by atoms with Crippen molar-refractivity contribution < 1.29 is 4.79 Å². The molecule has 2 heterocycles. The van der Waals surface area contributed by atoms with Gasteiger partial charge in [0.25, 0.3) is 11.5 Å². The van der Waals surface area contributed by atoms with Crippen molar-refractivity contribution in [3.05, 3.63) is 68.4 Å². The maximum atomic E-state index is 12.9. The number of para-hydroxylation sites is 1. The van der Waals surface area contributed by atoms with Crippen LogP contribution in [-0.4, -0.2) is 31.8 Å². The fourth-order valence-electron chi connectivity index (χ4n) is 2.56. The quantitative estimate of drug-likeness (QED) is 0.689. The smallest absolute Gasteiger partial charge is 0.258 e. The normalized spacial score (nSPS) is 11.1. The SMILES string of the molecule is CC(C)N(Cc1nc2ccccc2c(=O)[nH]1)C(=O)c1cnc(Cl)c(Cl)c1. The first-order valence-electron chi connectivity index (χ1n) is 7.96. The van der Waals surface area contributed by atoms with E-state index < -0.39 is 0 Å². The number of H-pyrrole nitrogens is 1. The molecule has 2 aromatic heterocycles. The molecule has 3 rings (SSSR count). The maximum Gasteiger partial charge on any atom is 0.258 e. The first-order valence-corrected chi connectivity index (χ1v) is 8.72. The Balaban J connectivity index is 1.95. The standard InChI is InChI=1S/C18H16Cl2N4O2/c1-10(2)24(18(26)11-7-13(19)16(20)21-8-11)9-15-22-14-6-4-3-5-12(14)17(25)23-15/h3-8,10H,9H2,1-2H3,(H,22,23,25). The number of halogens is 2. The van der Waals surface area contributed by atoms with Crippen molar-refractivity contribution in [1.82, 2.24) is 19.9 Å². The largest absolute Gasteiger partial charge is 0.329 e. The van der Waals surface area contributed by atoms with Crippen LogP contribution in [0.2, 0.25) is 10.2 Å². The van der Waals surface area contributed by atoms with E-state index in [0.717, 1.165) is 0 Å². The van der Waals surface area contributed by atoms with Crippen LogP contribution in [0, 0.1) is 0 Å². The van der Waals surface area contributed by atoms with Crippen molar-refractivity contribution in [2.24, 2.45) is 0 Å². The summed E-state index contributed by atoms with van der Waals surface area (Å²) in [6, 6.07) is 8.40. The number of amides is 1. The monoisotopic (exact) mass is 390 g/mol. The van der Waals surface area contributed by atoms with Crippen LogP contribution >= 0.6 is 23.2 Å². The molecule has 6 nitrogen and oxygen atoms in total. The summed E-state index contributed by atoms with van der Waals surface area (Å²) >= 11 is 11.8. The molecule has 26 heavy (non-hydrogen) atoms. The Labute approximate surface area is 159 Å². The van der Waals surface area contributed by atoms with Crippen LogP contribution in [0.1, 0.15) is 30.0 Å². The fourth-order valence-corrected chi connectivity index (χ4v) is 2.83. The highest BCUT2D eigenvalue weighted by Crippen LogP contribution is 2.21. The molecule has 0 unspecified atom stereocenters. The molecule has 0 bridgehead atoms. The van der Waals surface area contributed by atoms with Gasteiger partial charge in [-0.3, -0.25) is 9.59 Å². The third kappa shape index (κ3) is 3.71. The zero-order valence-electron chi connectivity index (χ0n) is 14.2. The minimum absolute atomic E-state index is 0.131. The first-order chi connectivity index (χ1) is 12.4. The van der Waals surface area contributed by atoms with Crippen molar-refractivity contribution in [1.29, 1.82) is 0 Å². The van der Waals surface area contributed by atoms with Crippen LogP contribution in [0.5, 0.6) is 0 Å². The molecule has 0 saturated heterocycles. The number of aromatic amines is 1. The van der Waals surface area contributed by atoms with E-state index in [0.29, 0.717) is 22.3 Å².